The van der Waals surface area contributed by atoms with Gasteiger partial charge in [-0.3, -0.25) is 0 Å². The molecule has 2 aromatic rings. The summed E-state index contributed by atoms with van der Waals surface area (Å²) in [6.07, 6.45) is -6.69. The third kappa shape index (κ3) is 7.15. The third-order valence-electron chi connectivity index (χ3n) is 5.34. The zero-order valence-corrected chi connectivity index (χ0v) is 18.7. The predicted octanol–water partition coefficient (Wildman–Crippen LogP) is 0.367. The van der Waals surface area contributed by atoms with Gasteiger partial charge in [-0.05, 0) is 29.3 Å². The van der Waals surface area contributed by atoms with Crippen LogP contribution in [-0.2, 0) is 12.8 Å². The Morgan fingerprint density at radius 3 is 1.94 bits per heavy atom. The third-order valence-corrected chi connectivity index (χ3v) is 5.34. The van der Waals surface area contributed by atoms with E-state index in [1.54, 1.807) is 37.5 Å². The van der Waals surface area contributed by atoms with E-state index in [0.29, 0.717) is 23.5 Å². The molecule has 180 valence electrons. The first-order valence-electron chi connectivity index (χ1n) is 10.5. The Morgan fingerprint density at radius 1 is 0.818 bits per heavy atom. The van der Waals surface area contributed by atoms with Crippen LogP contribution in [0.2, 0.25) is 0 Å². The van der Waals surface area contributed by atoms with Gasteiger partial charge in [0.1, 0.15) is 42.0 Å². The zero-order chi connectivity index (χ0) is 24.4. The van der Waals surface area contributed by atoms with E-state index in [0.717, 1.165) is 5.56 Å². The van der Waals surface area contributed by atoms with Crippen LogP contribution in [0.3, 0.4) is 0 Å². The summed E-state index contributed by atoms with van der Waals surface area (Å²) in [7, 11) is 3.08. The fraction of sp³-hybridized carbons (Fsp3) is 0.400. The van der Waals surface area contributed by atoms with Crippen molar-refractivity contribution in [3.63, 3.8) is 0 Å². The number of methoxy groups -OCH3 is 2. The van der Waals surface area contributed by atoms with Crippen molar-refractivity contribution in [1.82, 2.24) is 0 Å². The largest absolute Gasteiger partial charge is 0.496 e. The van der Waals surface area contributed by atoms with Crippen LogP contribution in [0.4, 0.5) is 0 Å². The van der Waals surface area contributed by atoms with Crippen LogP contribution in [0, 0.1) is 0 Å². The maximum atomic E-state index is 10.8. The van der Waals surface area contributed by atoms with Gasteiger partial charge in [0.2, 0.25) is 0 Å². The molecule has 5 atom stereocenters. The molecule has 6 N–H and O–H groups in total. The zero-order valence-electron chi connectivity index (χ0n) is 18.7. The summed E-state index contributed by atoms with van der Waals surface area (Å²) >= 11 is 0. The molecule has 8 heteroatoms. The van der Waals surface area contributed by atoms with Gasteiger partial charge in [0.15, 0.2) is 0 Å². The molecule has 2 aromatic carbocycles. The number of para-hydroxylation sites is 2. The minimum atomic E-state index is -1.91. The summed E-state index contributed by atoms with van der Waals surface area (Å²) in [5.74, 6) is 1.26. The van der Waals surface area contributed by atoms with Crippen molar-refractivity contribution in [1.29, 1.82) is 0 Å². The summed E-state index contributed by atoms with van der Waals surface area (Å²) in [5.41, 5.74) is 4.83. The molecule has 0 amide bonds. The van der Waals surface area contributed by atoms with Crippen LogP contribution in [0.15, 0.2) is 65.9 Å². The lowest BCUT2D eigenvalue weighted by Crippen LogP contribution is -2.50. The van der Waals surface area contributed by atoms with Gasteiger partial charge in [0.05, 0.1) is 20.8 Å². The molecular weight excluding hydrogens is 428 g/mol. The predicted molar refractivity (Wildman–Crippen MR) is 122 cm³/mol. The fourth-order valence-corrected chi connectivity index (χ4v) is 3.39. The molecule has 0 aromatic heterocycles. The summed E-state index contributed by atoms with van der Waals surface area (Å²) < 4.78 is 10.7. The average Bonchev–Trinajstić information content (AvgIpc) is 2.86. The first kappa shape index (κ1) is 26.6. The van der Waals surface area contributed by atoms with Crippen LogP contribution in [0.5, 0.6) is 11.5 Å². The molecule has 0 fully saturated rings. The van der Waals surface area contributed by atoms with Gasteiger partial charge in [-0.15, -0.1) is 5.73 Å². The smallest absolute Gasteiger partial charge is 0.122 e. The first-order valence-corrected chi connectivity index (χ1v) is 10.5. The van der Waals surface area contributed by atoms with E-state index in [4.69, 9.17) is 14.6 Å². The molecule has 0 saturated carbocycles. The van der Waals surface area contributed by atoms with Crippen LogP contribution >= 0.6 is 0 Å². The molecule has 0 aliphatic carbocycles. The minimum absolute atomic E-state index is 0.135. The monoisotopic (exact) mass is 460 g/mol. The number of aliphatic hydroxyl groups is 6. The minimum Gasteiger partial charge on any atom is -0.496 e. The van der Waals surface area contributed by atoms with Crippen molar-refractivity contribution >= 4 is 0 Å². The van der Waals surface area contributed by atoms with Gasteiger partial charge in [-0.2, -0.15) is 0 Å². The van der Waals surface area contributed by atoms with Gasteiger partial charge in [-0.1, -0.05) is 36.4 Å². The Kier molecular flexibility index (Phi) is 10.6. The Bertz CT molecular complexity index is 938. The van der Waals surface area contributed by atoms with Crippen molar-refractivity contribution in [2.45, 2.75) is 43.4 Å². The summed E-state index contributed by atoms with van der Waals surface area (Å²) in [4.78, 5) is 0. The van der Waals surface area contributed by atoms with Gasteiger partial charge in [-0.25, -0.2) is 0 Å². The van der Waals surface area contributed by atoms with Crippen LogP contribution in [-0.4, -0.2) is 82.0 Å². The maximum absolute atomic E-state index is 10.8. The van der Waals surface area contributed by atoms with Crippen molar-refractivity contribution in [2.24, 2.45) is 0 Å². The van der Waals surface area contributed by atoms with Crippen molar-refractivity contribution < 1.29 is 40.1 Å². The van der Waals surface area contributed by atoms with Crippen molar-refractivity contribution in [2.75, 3.05) is 20.8 Å². The Balaban J connectivity index is 2.37. The SMILES string of the molecule is COc1ccccc1CC=C=C(Cc1ccccc1OC)C(O)[C@@H](O)[C@@H](O)[C@H](O)[C@@H](O)CO. The molecule has 8 nitrogen and oxygen atoms in total. The highest BCUT2D eigenvalue weighted by Gasteiger charge is 2.35. The molecule has 0 heterocycles. The van der Waals surface area contributed by atoms with Gasteiger partial charge >= 0.3 is 0 Å². The van der Waals surface area contributed by atoms with Crippen molar-refractivity contribution in [3.05, 3.63) is 77.0 Å². The fourth-order valence-electron chi connectivity index (χ4n) is 3.39. The van der Waals surface area contributed by atoms with E-state index in [2.05, 4.69) is 5.73 Å². The second-order valence-electron chi connectivity index (χ2n) is 7.54. The number of hydrogen-bond donors (Lipinski definition) is 6. The molecule has 1 unspecified atom stereocenters. The molecule has 0 aliphatic heterocycles. The molecule has 0 aliphatic rings. The van der Waals surface area contributed by atoms with Crippen LogP contribution in [0.1, 0.15) is 11.1 Å². The number of ether oxygens (including phenoxy) is 2. The topological polar surface area (TPSA) is 140 Å². The second kappa shape index (κ2) is 13.1. The van der Waals surface area contributed by atoms with Gasteiger partial charge < -0.3 is 40.1 Å². The Hall–Kier alpha value is -2.68. The number of rotatable bonds is 12. The highest BCUT2D eigenvalue weighted by Crippen LogP contribution is 2.24. The summed E-state index contributed by atoms with van der Waals surface area (Å²) in [6, 6.07) is 14.6. The van der Waals surface area contributed by atoms with Crippen LogP contribution < -0.4 is 9.47 Å². The number of hydrogen-bond acceptors (Lipinski definition) is 8. The van der Waals surface area contributed by atoms with Crippen LogP contribution in [0.25, 0.3) is 0 Å². The second-order valence-corrected chi connectivity index (χ2v) is 7.54. The lowest BCUT2D eigenvalue weighted by molar-refractivity contribution is -0.134. The molecular formula is C25H32O8. The molecule has 0 spiro atoms. The molecule has 0 radical (unpaired) electrons. The van der Waals surface area contributed by atoms with Gasteiger partial charge in [0, 0.05) is 18.4 Å². The highest BCUT2D eigenvalue weighted by atomic mass is 16.5. The number of benzene rings is 2. The van der Waals surface area contributed by atoms with E-state index in [1.165, 1.54) is 7.11 Å². The molecule has 0 saturated heterocycles. The first-order chi connectivity index (χ1) is 15.8. The Labute approximate surface area is 193 Å². The lowest BCUT2D eigenvalue weighted by atomic mass is 9.91. The lowest BCUT2D eigenvalue weighted by Gasteiger charge is -2.29. The quantitative estimate of drug-likeness (QED) is 0.250. The molecule has 33 heavy (non-hydrogen) atoms. The Morgan fingerprint density at radius 2 is 1.36 bits per heavy atom. The maximum Gasteiger partial charge on any atom is 0.122 e. The average molecular weight is 461 g/mol. The van der Waals surface area contributed by atoms with Crippen molar-refractivity contribution in [3.8, 4) is 11.5 Å². The normalized spacial score (nSPS) is 15.5. The van der Waals surface area contributed by atoms with E-state index in [9.17, 15) is 25.5 Å². The van der Waals surface area contributed by atoms with E-state index in [-0.39, 0.29) is 12.0 Å². The van der Waals surface area contributed by atoms with E-state index in [1.807, 2.05) is 24.3 Å². The van der Waals surface area contributed by atoms with Gasteiger partial charge in [0.25, 0.3) is 0 Å². The number of aliphatic hydroxyl groups excluding tert-OH is 6. The summed E-state index contributed by atoms with van der Waals surface area (Å²) in [5, 5.41) is 60.0. The molecule has 0 bridgehead atoms. The standard InChI is InChI=1S/C25H32O8/c1-32-20-12-5-3-8-16(20)10-7-11-18(14-17-9-4-6-13-21(17)33-2)22(28)24(30)25(31)23(29)19(27)15-26/h3-9,12-13,19,22-31H,10,14-15H2,1-2H3/t11?,19-,22?,23+,24+,25-/m0/s1. The van der Waals surface area contributed by atoms with E-state index >= 15 is 0 Å². The molecule has 2 rings (SSSR count). The summed E-state index contributed by atoms with van der Waals surface area (Å²) in [6.45, 7) is -0.816. The van der Waals surface area contributed by atoms with E-state index < -0.39 is 37.1 Å². The highest BCUT2D eigenvalue weighted by molar-refractivity contribution is 5.38.